The van der Waals surface area contributed by atoms with Gasteiger partial charge in [0.1, 0.15) is 12.2 Å². The molecule has 3 atom stereocenters. The van der Waals surface area contributed by atoms with Crippen molar-refractivity contribution >= 4 is 0 Å². The molecule has 4 rings (SSSR count). The molecule has 31 heavy (non-hydrogen) atoms. The normalized spacial score (nSPS) is 20.6. The highest BCUT2D eigenvalue weighted by molar-refractivity contribution is 5.15. The molecule has 0 aliphatic carbocycles. The maximum atomic E-state index is 6.19. The molecule has 0 spiro atoms. The average molecular weight is 417 g/mol. The standard InChI is InChI=1S/C27H28O4/c1-4-10-22(11-5-1)18-28-21-26-25(29-19-23-12-6-2-7-13-23)16-17-27(31-26)30-20-24-14-8-3-9-15-24/h1-17,25-27H,18-21H2/t25-,26-,27-/m1/s1. The van der Waals surface area contributed by atoms with E-state index in [-0.39, 0.29) is 12.2 Å². The fourth-order valence-corrected chi connectivity index (χ4v) is 3.40. The molecule has 0 amide bonds. The number of hydrogen-bond donors (Lipinski definition) is 0. The Morgan fingerprint density at radius 2 is 1.10 bits per heavy atom. The molecule has 0 saturated heterocycles. The second-order valence-corrected chi connectivity index (χ2v) is 7.49. The Balaban J connectivity index is 1.35. The van der Waals surface area contributed by atoms with Gasteiger partial charge in [0, 0.05) is 0 Å². The summed E-state index contributed by atoms with van der Waals surface area (Å²) < 4.78 is 24.2. The van der Waals surface area contributed by atoms with E-state index < -0.39 is 6.29 Å². The zero-order valence-electron chi connectivity index (χ0n) is 17.5. The number of ether oxygens (including phenoxy) is 4. The highest BCUT2D eigenvalue weighted by Gasteiger charge is 2.29. The zero-order valence-corrected chi connectivity index (χ0v) is 17.5. The third-order valence-electron chi connectivity index (χ3n) is 5.07. The van der Waals surface area contributed by atoms with Crippen LogP contribution in [0.4, 0.5) is 0 Å². The first-order valence-electron chi connectivity index (χ1n) is 10.6. The summed E-state index contributed by atoms with van der Waals surface area (Å²) in [6, 6.07) is 30.4. The maximum Gasteiger partial charge on any atom is 0.177 e. The minimum Gasteiger partial charge on any atom is -0.374 e. The molecular weight excluding hydrogens is 388 g/mol. The third kappa shape index (κ3) is 6.88. The van der Waals surface area contributed by atoms with Gasteiger partial charge in [-0.05, 0) is 22.8 Å². The van der Waals surface area contributed by atoms with Crippen molar-refractivity contribution < 1.29 is 18.9 Å². The van der Waals surface area contributed by atoms with Crippen LogP contribution in [0.25, 0.3) is 0 Å². The number of benzene rings is 3. The van der Waals surface area contributed by atoms with E-state index in [1.807, 2.05) is 78.9 Å². The van der Waals surface area contributed by atoms with Gasteiger partial charge in [-0.1, -0.05) is 97.1 Å². The molecule has 3 aromatic rings. The second kappa shape index (κ2) is 11.6. The molecule has 0 unspecified atom stereocenters. The Hall–Kier alpha value is -2.76. The average Bonchev–Trinajstić information content (AvgIpc) is 2.84. The van der Waals surface area contributed by atoms with Gasteiger partial charge in [-0.3, -0.25) is 0 Å². The third-order valence-corrected chi connectivity index (χ3v) is 5.07. The van der Waals surface area contributed by atoms with Crippen LogP contribution in [0, 0.1) is 0 Å². The second-order valence-electron chi connectivity index (χ2n) is 7.49. The summed E-state index contributed by atoms with van der Waals surface area (Å²) in [6.45, 7) is 1.96. The van der Waals surface area contributed by atoms with Crippen LogP contribution >= 0.6 is 0 Å². The van der Waals surface area contributed by atoms with Crippen LogP contribution in [-0.4, -0.2) is 25.1 Å². The molecule has 0 fully saturated rings. The predicted octanol–water partition coefficient (Wildman–Crippen LogP) is 5.29. The van der Waals surface area contributed by atoms with Crippen molar-refractivity contribution in [3.63, 3.8) is 0 Å². The van der Waals surface area contributed by atoms with Crippen molar-refractivity contribution in [2.24, 2.45) is 0 Å². The van der Waals surface area contributed by atoms with Crippen LogP contribution in [0.3, 0.4) is 0 Å². The molecule has 0 radical (unpaired) electrons. The van der Waals surface area contributed by atoms with Crippen molar-refractivity contribution in [1.29, 1.82) is 0 Å². The lowest BCUT2D eigenvalue weighted by Gasteiger charge is -2.32. The van der Waals surface area contributed by atoms with Crippen LogP contribution in [0.1, 0.15) is 16.7 Å². The Morgan fingerprint density at radius 3 is 1.68 bits per heavy atom. The lowest BCUT2D eigenvalue weighted by Crippen LogP contribution is -2.41. The molecule has 1 aliphatic rings. The zero-order chi connectivity index (χ0) is 21.1. The molecule has 3 aromatic carbocycles. The van der Waals surface area contributed by atoms with E-state index in [1.54, 1.807) is 0 Å². The van der Waals surface area contributed by atoms with Crippen molar-refractivity contribution in [2.45, 2.75) is 38.3 Å². The largest absolute Gasteiger partial charge is 0.374 e. The monoisotopic (exact) mass is 416 g/mol. The van der Waals surface area contributed by atoms with Crippen LogP contribution in [0.5, 0.6) is 0 Å². The highest BCUT2D eigenvalue weighted by Crippen LogP contribution is 2.20. The molecule has 1 aliphatic heterocycles. The summed E-state index contributed by atoms with van der Waals surface area (Å²) in [5.74, 6) is 0. The first-order chi connectivity index (χ1) is 15.4. The molecule has 0 saturated carbocycles. The first kappa shape index (κ1) is 21.5. The number of hydrogen-bond acceptors (Lipinski definition) is 4. The summed E-state index contributed by atoms with van der Waals surface area (Å²) in [5.41, 5.74) is 3.37. The van der Waals surface area contributed by atoms with E-state index in [9.17, 15) is 0 Å². The highest BCUT2D eigenvalue weighted by atomic mass is 16.7. The van der Waals surface area contributed by atoms with Gasteiger partial charge >= 0.3 is 0 Å². The summed E-state index contributed by atoms with van der Waals surface area (Å²) in [5, 5.41) is 0. The topological polar surface area (TPSA) is 36.9 Å². The minimum absolute atomic E-state index is 0.201. The van der Waals surface area contributed by atoms with Gasteiger partial charge in [0.15, 0.2) is 6.29 Å². The van der Waals surface area contributed by atoms with Gasteiger partial charge in [0.2, 0.25) is 0 Å². The smallest absolute Gasteiger partial charge is 0.177 e. The van der Waals surface area contributed by atoms with Gasteiger partial charge < -0.3 is 18.9 Å². The van der Waals surface area contributed by atoms with Crippen molar-refractivity contribution in [3.05, 3.63) is 120 Å². The van der Waals surface area contributed by atoms with E-state index in [0.717, 1.165) is 16.7 Å². The lowest BCUT2D eigenvalue weighted by molar-refractivity contribution is -0.199. The van der Waals surface area contributed by atoms with Crippen LogP contribution in [-0.2, 0) is 38.8 Å². The molecule has 0 aromatic heterocycles. The van der Waals surface area contributed by atoms with Crippen molar-refractivity contribution in [2.75, 3.05) is 6.61 Å². The van der Waals surface area contributed by atoms with Gasteiger partial charge in [-0.15, -0.1) is 0 Å². The Labute approximate surface area is 184 Å². The summed E-state index contributed by atoms with van der Waals surface area (Å²) in [4.78, 5) is 0. The van der Waals surface area contributed by atoms with Crippen molar-refractivity contribution in [3.8, 4) is 0 Å². The van der Waals surface area contributed by atoms with Crippen LogP contribution in [0.15, 0.2) is 103 Å². The lowest BCUT2D eigenvalue weighted by atomic mass is 10.1. The Bertz CT molecular complexity index is 912. The van der Waals surface area contributed by atoms with Crippen LogP contribution in [0.2, 0.25) is 0 Å². The van der Waals surface area contributed by atoms with E-state index in [4.69, 9.17) is 18.9 Å². The fraction of sp³-hybridized carbons (Fsp3) is 0.259. The summed E-state index contributed by atoms with van der Waals surface area (Å²) >= 11 is 0. The maximum absolute atomic E-state index is 6.19. The molecule has 0 N–H and O–H groups in total. The van der Waals surface area contributed by atoms with Gasteiger partial charge in [0.05, 0.1) is 26.4 Å². The van der Waals surface area contributed by atoms with Gasteiger partial charge in [-0.2, -0.15) is 0 Å². The van der Waals surface area contributed by atoms with Gasteiger partial charge in [0.25, 0.3) is 0 Å². The van der Waals surface area contributed by atoms with Crippen LogP contribution < -0.4 is 0 Å². The first-order valence-corrected chi connectivity index (χ1v) is 10.6. The quantitative estimate of drug-likeness (QED) is 0.421. The summed E-state index contributed by atoms with van der Waals surface area (Å²) in [7, 11) is 0. The molecule has 1 heterocycles. The molecular formula is C27H28O4. The fourth-order valence-electron chi connectivity index (χ4n) is 3.40. The molecule has 160 valence electrons. The van der Waals surface area contributed by atoms with Gasteiger partial charge in [-0.25, -0.2) is 0 Å². The predicted molar refractivity (Wildman–Crippen MR) is 120 cm³/mol. The Morgan fingerprint density at radius 1 is 0.581 bits per heavy atom. The van der Waals surface area contributed by atoms with Crippen molar-refractivity contribution in [1.82, 2.24) is 0 Å². The summed E-state index contributed by atoms with van der Waals surface area (Å²) in [6.07, 6.45) is 3.07. The molecule has 0 bridgehead atoms. The van der Waals surface area contributed by atoms with E-state index in [1.165, 1.54) is 0 Å². The molecule has 4 nitrogen and oxygen atoms in total. The van der Waals surface area contributed by atoms with E-state index >= 15 is 0 Å². The van der Waals surface area contributed by atoms with E-state index in [0.29, 0.717) is 26.4 Å². The van der Waals surface area contributed by atoms with E-state index in [2.05, 4.69) is 24.3 Å². The number of rotatable bonds is 10. The minimum atomic E-state index is -0.429. The SMILES string of the molecule is C1=C[C@@H](OCc2ccccc2)[C@@H](COCc2ccccc2)O[C@H]1OCc1ccccc1. The Kier molecular flexibility index (Phi) is 8.02. The molecule has 4 heteroatoms.